The van der Waals surface area contributed by atoms with Gasteiger partial charge in [0.15, 0.2) is 0 Å². The van der Waals surface area contributed by atoms with Crippen LogP contribution in [0.15, 0.2) is 24.3 Å². The highest BCUT2D eigenvalue weighted by atomic mass is 19.1. The smallest absolute Gasteiger partial charge is 0.418 e. The maximum atomic E-state index is 13.1. The molecule has 5 nitrogen and oxygen atoms in total. The summed E-state index contributed by atoms with van der Waals surface area (Å²) in [4.78, 5) is 24.3. The van der Waals surface area contributed by atoms with Gasteiger partial charge in [-0.1, -0.05) is 12.1 Å². The van der Waals surface area contributed by atoms with Gasteiger partial charge in [-0.25, -0.2) is 18.9 Å². The van der Waals surface area contributed by atoms with E-state index in [1.807, 2.05) is 0 Å². The topological polar surface area (TPSA) is 58.6 Å². The number of halogens is 1. The monoisotopic (exact) mass is 266 g/mol. The molecule has 0 spiro atoms. The lowest BCUT2D eigenvalue weighted by molar-refractivity contribution is 0.134. The largest absolute Gasteiger partial charge is 0.439 e. The molecule has 3 amide bonds. The number of carbonyl (C=O) groups is 2. The Morgan fingerprint density at radius 2 is 2.26 bits per heavy atom. The molecule has 1 aromatic carbocycles. The number of amides is 3. The number of carbonyl (C=O) groups excluding carboxylic acids is 2. The Balaban J connectivity index is 2.09. The Labute approximate surface area is 110 Å². The van der Waals surface area contributed by atoms with Crippen LogP contribution in [0.4, 0.5) is 14.0 Å². The zero-order valence-electron chi connectivity index (χ0n) is 10.7. The number of nitrogens with one attached hydrogen (secondary N) is 1. The summed E-state index contributed by atoms with van der Waals surface area (Å²) in [6.07, 6.45) is -1.34. The Morgan fingerprint density at radius 1 is 1.53 bits per heavy atom. The first-order chi connectivity index (χ1) is 8.97. The number of imide groups is 1. The van der Waals surface area contributed by atoms with Crippen LogP contribution in [0.25, 0.3) is 0 Å². The second kappa shape index (κ2) is 5.26. The van der Waals surface area contributed by atoms with Crippen LogP contribution in [-0.4, -0.2) is 29.6 Å². The van der Waals surface area contributed by atoms with Gasteiger partial charge in [-0.3, -0.25) is 0 Å². The highest BCUT2D eigenvalue weighted by Crippen LogP contribution is 2.26. The van der Waals surface area contributed by atoms with Crippen molar-refractivity contribution in [3.63, 3.8) is 0 Å². The predicted octanol–water partition coefficient (Wildman–Crippen LogP) is 2.44. The maximum Gasteiger partial charge on any atom is 0.418 e. The molecule has 2 rings (SSSR count). The third-order valence-corrected chi connectivity index (χ3v) is 2.69. The van der Waals surface area contributed by atoms with E-state index in [-0.39, 0.29) is 12.6 Å². The molecule has 0 radical (unpaired) electrons. The molecule has 1 atom stereocenters. The van der Waals surface area contributed by atoms with Gasteiger partial charge < -0.3 is 10.1 Å². The SMILES string of the molecule is CC(C)NC(=O)N1CC(c2cccc(F)c2)OC1=O. The standard InChI is InChI=1S/C13H15FN2O3/c1-8(2)15-12(17)16-7-11(19-13(16)18)9-4-3-5-10(14)6-9/h3-6,8,11H,7H2,1-2H3,(H,15,17). The van der Waals surface area contributed by atoms with E-state index < -0.39 is 24.0 Å². The molecule has 102 valence electrons. The highest BCUT2D eigenvalue weighted by Gasteiger charge is 2.36. The minimum atomic E-state index is -0.715. The Bertz CT molecular complexity index is 504. The summed E-state index contributed by atoms with van der Waals surface area (Å²) in [6, 6.07) is 5.22. The Hall–Kier alpha value is -2.11. The lowest BCUT2D eigenvalue weighted by Crippen LogP contribution is -2.43. The minimum absolute atomic E-state index is 0.0754. The molecule has 1 unspecified atom stereocenters. The van der Waals surface area contributed by atoms with Gasteiger partial charge in [0.05, 0.1) is 6.54 Å². The van der Waals surface area contributed by atoms with E-state index in [0.29, 0.717) is 5.56 Å². The summed E-state index contributed by atoms with van der Waals surface area (Å²) < 4.78 is 18.2. The Morgan fingerprint density at radius 3 is 2.89 bits per heavy atom. The highest BCUT2D eigenvalue weighted by molar-refractivity contribution is 5.92. The van der Waals surface area contributed by atoms with Crippen LogP contribution in [0, 0.1) is 5.82 Å². The van der Waals surface area contributed by atoms with E-state index in [1.165, 1.54) is 18.2 Å². The molecule has 0 aliphatic carbocycles. The zero-order valence-corrected chi connectivity index (χ0v) is 10.7. The zero-order chi connectivity index (χ0) is 14.0. The van der Waals surface area contributed by atoms with Crippen molar-refractivity contribution in [2.45, 2.75) is 26.0 Å². The van der Waals surface area contributed by atoms with E-state index in [1.54, 1.807) is 19.9 Å². The molecule has 0 saturated carbocycles. The molecule has 1 aromatic rings. The summed E-state index contributed by atoms with van der Waals surface area (Å²) >= 11 is 0. The summed E-state index contributed by atoms with van der Waals surface area (Å²) in [5, 5.41) is 2.61. The molecule has 1 fully saturated rings. The number of rotatable bonds is 2. The van der Waals surface area contributed by atoms with E-state index in [9.17, 15) is 14.0 Å². The molecule has 19 heavy (non-hydrogen) atoms. The predicted molar refractivity (Wildman–Crippen MR) is 66.0 cm³/mol. The first-order valence-electron chi connectivity index (χ1n) is 6.01. The fraction of sp³-hybridized carbons (Fsp3) is 0.385. The molecule has 1 aliphatic rings. The van der Waals surface area contributed by atoms with Crippen LogP contribution in [0.5, 0.6) is 0 Å². The van der Waals surface area contributed by atoms with E-state index in [2.05, 4.69) is 5.32 Å². The summed E-state index contributed by atoms with van der Waals surface area (Å²) in [7, 11) is 0. The Kier molecular flexibility index (Phi) is 3.69. The van der Waals surface area contributed by atoms with Crippen molar-refractivity contribution < 1.29 is 18.7 Å². The average molecular weight is 266 g/mol. The second-order valence-corrected chi connectivity index (χ2v) is 4.64. The summed E-state index contributed by atoms with van der Waals surface area (Å²) in [5.41, 5.74) is 0.535. The van der Waals surface area contributed by atoms with Crippen molar-refractivity contribution in [3.05, 3.63) is 35.6 Å². The molecule has 0 bridgehead atoms. The molecule has 1 aliphatic heterocycles. The minimum Gasteiger partial charge on any atom is -0.439 e. The summed E-state index contributed by atoms with van der Waals surface area (Å²) in [5.74, 6) is -0.404. The lowest BCUT2D eigenvalue weighted by atomic mass is 10.1. The number of urea groups is 1. The molecular weight excluding hydrogens is 251 g/mol. The van der Waals surface area contributed by atoms with Crippen molar-refractivity contribution >= 4 is 12.1 Å². The van der Waals surface area contributed by atoms with Gasteiger partial charge in [-0.05, 0) is 31.5 Å². The van der Waals surface area contributed by atoms with E-state index >= 15 is 0 Å². The maximum absolute atomic E-state index is 13.1. The fourth-order valence-electron chi connectivity index (χ4n) is 1.83. The molecular formula is C13H15FN2O3. The second-order valence-electron chi connectivity index (χ2n) is 4.64. The molecule has 1 N–H and O–H groups in total. The molecule has 6 heteroatoms. The number of nitrogens with zero attached hydrogens (tertiary/aromatic N) is 1. The number of hydrogen-bond donors (Lipinski definition) is 1. The fourth-order valence-corrected chi connectivity index (χ4v) is 1.83. The first-order valence-corrected chi connectivity index (χ1v) is 6.01. The van der Waals surface area contributed by atoms with Gasteiger partial charge in [-0.2, -0.15) is 0 Å². The molecule has 1 heterocycles. The van der Waals surface area contributed by atoms with Gasteiger partial charge in [0, 0.05) is 6.04 Å². The first kappa shape index (κ1) is 13.3. The van der Waals surface area contributed by atoms with Gasteiger partial charge >= 0.3 is 12.1 Å². The quantitative estimate of drug-likeness (QED) is 0.894. The van der Waals surface area contributed by atoms with Crippen LogP contribution in [0.3, 0.4) is 0 Å². The number of ether oxygens (including phenoxy) is 1. The lowest BCUT2D eigenvalue weighted by Gasteiger charge is -2.14. The number of cyclic esters (lactones) is 1. The van der Waals surface area contributed by atoms with Gasteiger partial charge in [0.25, 0.3) is 0 Å². The third kappa shape index (κ3) is 3.01. The van der Waals surface area contributed by atoms with Crippen LogP contribution in [-0.2, 0) is 4.74 Å². The van der Waals surface area contributed by atoms with Crippen LogP contribution >= 0.6 is 0 Å². The number of benzene rings is 1. The normalized spacial score (nSPS) is 18.6. The van der Waals surface area contributed by atoms with Gasteiger partial charge in [0.1, 0.15) is 11.9 Å². The van der Waals surface area contributed by atoms with Crippen molar-refractivity contribution in [2.24, 2.45) is 0 Å². The van der Waals surface area contributed by atoms with Crippen molar-refractivity contribution in [2.75, 3.05) is 6.54 Å². The van der Waals surface area contributed by atoms with Crippen molar-refractivity contribution in [3.8, 4) is 0 Å². The van der Waals surface area contributed by atoms with Crippen LogP contribution in [0.2, 0.25) is 0 Å². The molecule has 1 saturated heterocycles. The van der Waals surface area contributed by atoms with Crippen molar-refractivity contribution in [1.82, 2.24) is 10.2 Å². The van der Waals surface area contributed by atoms with Crippen LogP contribution < -0.4 is 5.32 Å². The van der Waals surface area contributed by atoms with Gasteiger partial charge in [0.2, 0.25) is 0 Å². The van der Waals surface area contributed by atoms with Gasteiger partial charge in [-0.15, -0.1) is 0 Å². The average Bonchev–Trinajstić information content (AvgIpc) is 2.70. The molecule has 0 aromatic heterocycles. The van der Waals surface area contributed by atoms with E-state index in [0.717, 1.165) is 4.90 Å². The van der Waals surface area contributed by atoms with Crippen molar-refractivity contribution in [1.29, 1.82) is 0 Å². The third-order valence-electron chi connectivity index (χ3n) is 2.69. The van der Waals surface area contributed by atoms with E-state index in [4.69, 9.17) is 4.74 Å². The number of hydrogen-bond acceptors (Lipinski definition) is 3. The van der Waals surface area contributed by atoms with Crippen LogP contribution in [0.1, 0.15) is 25.5 Å². The summed E-state index contributed by atoms with van der Waals surface area (Å²) in [6.45, 7) is 3.67.